The van der Waals surface area contributed by atoms with Gasteiger partial charge in [-0.3, -0.25) is 4.79 Å². The van der Waals surface area contributed by atoms with Crippen molar-refractivity contribution in [3.8, 4) is 0 Å². The molecule has 1 fully saturated rings. The van der Waals surface area contributed by atoms with Crippen LogP contribution >= 0.6 is 0 Å². The normalized spacial score (nSPS) is 20.3. The summed E-state index contributed by atoms with van der Waals surface area (Å²) in [4.78, 5) is 26.8. The third kappa shape index (κ3) is 3.72. The zero-order valence-electron chi connectivity index (χ0n) is 12.3. The van der Waals surface area contributed by atoms with E-state index in [1.807, 2.05) is 12.1 Å². The number of carbonyl (C=O) groups is 2. The molecule has 8 nitrogen and oxygen atoms in total. The van der Waals surface area contributed by atoms with E-state index in [0.717, 1.165) is 5.56 Å². The molecular formula is C15H16N4O4. The molecule has 8 heteroatoms. The van der Waals surface area contributed by atoms with Gasteiger partial charge in [0.15, 0.2) is 6.10 Å². The third-order valence-electron chi connectivity index (χ3n) is 3.62. The van der Waals surface area contributed by atoms with Crippen LogP contribution in [0.15, 0.2) is 36.9 Å². The van der Waals surface area contributed by atoms with Crippen molar-refractivity contribution < 1.29 is 19.4 Å². The van der Waals surface area contributed by atoms with Crippen LogP contribution in [-0.4, -0.2) is 44.0 Å². The van der Waals surface area contributed by atoms with Crippen LogP contribution < -0.4 is 5.32 Å². The molecule has 2 aromatic rings. The Morgan fingerprint density at radius 2 is 2.00 bits per heavy atom. The number of carboxylic acids is 1. The number of hydrogen-bond acceptors (Lipinski definition) is 5. The lowest BCUT2D eigenvalue weighted by Crippen LogP contribution is -2.29. The van der Waals surface area contributed by atoms with E-state index in [4.69, 9.17) is 9.84 Å². The highest BCUT2D eigenvalue weighted by atomic mass is 16.5. The van der Waals surface area contributed by atoms with E-state index in [9.17, 15) is 9.59 Å². The summed E-state index contributed by atoms with van der Waals surface area (Å²) in [5.74, 6) is -1.35. The summed E-state index contributed by atoms with van der Waals surface area (Å²) in [5, 5.41) is 15.6. The number of nitrogens with zero attached hydrogens (tertiary/aromatic N) is 3. The van der Waals surface area contributed by atoms with Crippen LogP contribution in [-0.2, 0) is 20.9 Å². The summed E-state index contributed by atoms with van der Waals surface area (Å²) in [6.45, 7) is 0.597. The molecule has 2 N–H and O–H groups in total. The second kappa shape index (κ2) is 6.57. The van der Waals surface area contributed by atoms with Gasteiger partial charge in [0.05, 0.1) is 6.54 Å². The minimum atomic E-state index is -1.03. The quantitative estimate of drug-likeness (QED) is 0.848. The van der Waals surface area contributed by atoms with Gasteiger partial charge in [-0.1, -0.05) is 12.1 Å². The molecule has 23 heavy (non-hydrogen) atoms. The van der Waals surface area contributed by atoms with Crippen molar-refractivity contribution in [2.75, 3.05) is 5.32 Å². The Balaban J connectivity index is 1.56. The van der Waals surface area contributed by atoms with Crippen molar-refractivity contribution in [1.82, 2.24) is 14.8 Å². The van der Waals surface area contributed by atoms with Crippen LogP contribution in [0, 0.1) is 0 Å². The van der Waals surface area contributed by atoms with Crippen LogP contribution in [0.25, 0.3) is 0 Å². The van der Waals surface area contributed by atoms with Gasteiger partial charge < -0.3 is 15.2 Å². The average Bonchev–Trinajstić information content (AvgIpc) is 3.20. The molecule has 2 atom stereocenters. The van der Waals surface area contributed by atoms with E-state index < -0.39 is 18.2 Å². The Labute approximate surface area is 132 Å². The SMILES string of the molecule is O=C(Nc1ccc(Cn2cncn2)cc1)[C@@H]1CC[C@H](C(=O)O)O1. The molecule has 1 aromatic heterocycles. The number of carbonyl (C=O) groups excluding carboxylic acids is 1. The van der Waals surface area contributed by atoms with Crippen molar-refractivity contribution in [2.45, 2.75) is 31.6 Å². The summed E-state index contributed by atoms with van der Waals surface area (Å²) in [6, 6.07) is 7.33. The Morgan fingerprint density at radius 3 is 2.61 bits per heavy atom. The lowest BCUT2D eigenvalue weighted by atomic mass is 10.1. The van der Waals surface area contributed by atoms with Crippen molar-refractivity contribution in [1.29, 1.82) is 0 Å². The monoisotopic (exact) mass is 316 g/mol. The summed E-state index contributed by atoms with van der Waals surface area (Å²) >= 11 is 0. The van der Waals surface area contributed by atoms with Gasteiger partial charge in [-0.2, -0.15) is 5.10 Å². The molecule has 0 radical (unpaired) electrons. The van der Waals surface area contributed by atoms with Gasteiger partial charge >= 0.3 is 5.97 Å². The topological polar surface area (TPSA) is 106 Å². The van der Waals surface area contributed by atoms with E-state index in [1.54, 1.807) is 23.1 Å². The van der Waals surface area contributed by atoms with E-state index in [1.165, 1.54) is 6.33 Å². The maximum absolute atomic E-state index is 12.1. The molecule has 0 bridgehead atoms. The minimum absolute atomic E-state index is 0.322. The molecule has 0 aliphatic carbocycles. The van der Waals surface area contributed by atoms with Gasteiger partial charge in [0, 0.05) is 5.69 Å². The maximum Gasteiger partial charge on any atom is 0.332 e. The number of rotatable bonds is 5. The maximum atomic E-state index is 12.1. The van der Waals surface area contributed by atoms with Crippen LogP contribution in [0.1, 0.15) is 18.4 Å². The minimum Gasteiger partial charge on any atom is -0.479 e. The van der Waals surface area contributed by atoms with Crippen molar-refractivity contribution in [3.63, 3.8) is 0 Å². The molecular weight excluding hydrogens is 300 g/mol. The second-order valence-corrected chi connectivity index (χ2v) is 5.31. The highest BCUT2D eigenvalue weighted by Crippen LogP contribution is 2.21. The van der Waals surface area contributed by atoms with Crippen molar-refractivity contribution in [3.05, 3.63) is 42.5 Å². The van der Waals surface area contributed by atoms with Crippen LogP contribution in [0.3, 0.4) is 0 Å². The fourth-order valence-corrected chi connectivity index (χ4v) is 2.43. The molecule has 0 saturated carbocycles. The molecule has 1 aromatic carbocycles. The zero-order chi connectivity index (χ0) is 16.2. The lowest BCUT2D eigenvalue weighted by Gasteiger charge is -2.12. The Kier molecular flexibility index (Phi) is 4.33. The molecule has 0 unspecified atom stereocenters. The largest absolute Gasteiger partial charge is 0.479 e. The highest BCUT2D eigenvalue weighted by Gasteiger charge is 2.34. The third-order valence-corrected chi connectivity index (χ3v) is 3.62. The molecule has 1 amide bonds. The highest BCUT2D eigenvalue weighted by molar-refractivity contribution is 5.94. The van der Waals surface area contributed by atoms with E-state index in [2.05, 4.69) is 15.4 Å². The van der Waals surface area contributed by atoms with E-state index in [0.29, 0.717) is 25.1 Å². The number of aliphatic carboxylic acids is 1. The number of ether oxygens (including phenoxy) is 1. The van der Waals surface area contributed by atoms with Gasteiger partial charge in [0.25, 0.3) is 5.91 Å². The van der Waals surface area contributed by atoms with E-state index >= 15 is 0 Å². The standard InChI is InChI=1S/C15H16N4O4/c20-14(12-5-6-13(23-12)15(21)22)18-11-3-1-10(2-4-11)7-19-9-16-8-17-19/h1-4,8-9,12-13H,5-7H2,(H,18,20)(H,21,22)/t12-,13+/m0/s1. The first-order valence-corrected chi connectivity index (χ1v) is 7.22. The van der Waals surface area contributed by atoms with E-state index in [-0.39, 0.29) is 5.91 Å². The number of carboxylic acid groups (broad SMARTS) is 1. The van der Waals surface area contributed by atoms with Gasteiger partial charge in [0.1, 0.15) is 18.8 Å². The number of benzene rings is 1. The van der Waals surface area contributed by atoms with Gasteiger partial charge in [-0.05, 0) is 30.5 Å². The second-order valence-electron chi connectivity index (χ2n) is 5.31. The average molecular weight is 316 g/mol. The summed E-state index contributed by atoms with van der Waals surface area (Å²) in [5.41, 5.74) is 1.66. The summed E-state index contributed by atoms with van der Waals surface area (Å²) in [6.07, 6.45) is 2.26. The number of anilines is 1. The Hall–Kier alpha value is -2.74. The Morgan fingerprint density at radius 1 is 1.26 bits per heavy atom. The van der Waals surface area contributed by atoms with Crippen LogP contribution in [0.2, 0.25) is 0 Å². The number of amides is 1. The predicted octanol–water partition coefficient (Wildman–Crippen LogP) is 0.897. The van der Waals surface area contributed by atoms with Gasteiger partial charge in [-0.15, -0.1) is 0 Å². The number of aromatic nitrogens is 3. The van der Waals surface area contributed by atoms with Gasteiger partial charge in [-0.25, -0.2) is 14.5 Å². The lowest BCUT2D eigenvalue weighted by molar-refractivity contribution is -0.150. The fourth-order valence-electron chi connectivity index (χ4n) is 2.43. The summed E-state index contributed by atoms with van der Waals surface area (Å²) < 4.78 is 6.92. The number of nitrogens with one attached hydrogen (secondary N) is 1. The fraction of sp³-hybridized carbons (Fsp3) is 0.333. The molecule has 2 heterocycles. The predicted molar refractivity (Wildman–Crippen MR) is 79.7 cm³/mol. The number of hydrogen-bond donors (Lipinski definition) is 2. The Bertz CT molecular complexity index is 684. The summed E-state index contributed by atoms with van der Waals surface area (Å²) in [7, 11) is 0. The van der Waals surface area contributed by atoms with Crippen LogP contribution in [0.4, 0.5) is 5.69 Å². The smallest absolute Gasteiger partial charge is 0.332 e. The molecule has 1 aliphatic heterocycles. The molecule has 3 rings (SSSR count). The molecule has 120 valence electrons. The molecule has 1 saturated heterocycles. The van der Waals surface area contributed by atoms with Crippen LogP contribution in [0.5, 0.6) is 0 Å². The first kappa shape index (κ1) is 15.2. The zero-order valence-corrected chi connectivity index (χ0v) is 12.3. The van der Waals surface area contributed by atoms with Crippen molar-refractivity contribution >= 4 is 17.6 Å². The molecule has 1 aliphatic rings. The van der Waals surface area contributed by atoms with Gasteiger partial charge in [0.2, 0.25) is 0 Å². The van der Waals surface area contributed by atoms with Crippen molar-refractivity contribution in [2.24, 2.45) is 0 Å². The first-order chi connectivity index (χ1) is 11.1. The molecule has 0 spiro atoms. The first-order valence-electron chi connectivity index (χ1n) is 7.22.